The van der Waals surface area contributed by atoms with E-state index < -0.39 is 16.1 Å². The van der Waals surface area contributed by atoms with Crippen LogP contribution in [0.4, 0.5) is 5.82 Å². The van der Waals surface area contributed by atoms with E-state index >= 15 is 0 Å². The molecule has 2 atom stereocenters. The molecule has 0 saturated carbocycles. The molecule has 0 amide bonds. The Morgan fingerprint density at radius 1 is 1.25 bits per heavy atom. The van der Waals surface area contributed by atoms with E-state index in [9.17, 15) is 13.5 Å². The fourth-order valence-corrected chi connectivity index (χ4v) is 5.47. The van der Waals surface area contributed by atoms with Crippen molar-refractivity contribution in [2.45, 2.75) is 25.9 Å². The Balaban J connectivity index is 1.62. The highest BCUT2D eigenvalue weighted by molar-refractivity contribution is 7.88. The molecule has 2 N–H and O–H groups in total. The summed E-state index contributed by atoms with van der Waals surface area (Å²) in [4.78, 5) is 12.1. The van der Waals surface area contributed by atoms with E-state index in [1.807, 2.05) is 24.3 Å². The van der Waals surface area contributed by atoms with Crippen molar-refractivity contribution in [1.29, 1.82) is 0 Å². The molecular formula is C25H37N5O5S. The van der Waals surface area contributed by atoms with Crippen LogP contribution in [0.2, 0.25) is 0 Å². The maximum atomic E-state index is 12.0. The normalized spacial score (nSPS) is 20.0. The van der Waals surface area contributed by atoms with E-state index in [1.165, 1.54) is 10.6 Å². The first-order valence-electron chi connectivity index (χ1n) is 12.5. The lowest BCUT2D eigenvalue weighted by Crippen LogP contribution is -2.48. The van der Waals surface area contributed by atoms with Crippen molar-refractivity contribution in [3.63, 3.8) is 0 Å². The lowest BCUT2D eigenvalue weighted by atomic mass is 9.99. The maximum absolute atomic E-state index is 12.0. The Hall–Kier alpha value is -2.31. The monoisotopic (exact) mass is 519 g/mol. The Bertz CT molecular complexity index is 1130. The highest BCUT2D eigenvalue weighted by atomic mass is 32.2. The second-order valence-corrected chi connectivity index (χ2v) is 11.6. The number of hydrogen-bond donors (Lipinski definition) is 2. The molecular weight excluding hydrogens is 482 g/mol. The van der Waals surface area contributed by atoms with Crippen LogP contribution < -0.4 is 15.0 Å². The van der Waals surface area contributed by atoms with E-state index in [1.54, 1.807) is 7.05 Å². The number of aromatic nitrogens is 2. The number of nitrogens with zero attached hydrogens (tertiary/aromatic N) is 4. The molecule has 11 heteroatoms. The lowest BCUT2D eigenvalue weighted by molar-refractivity contribution is 0.108. The molecule has 2 aromatic rings. The molecule has 2 fully saturated rings. The molecule has 0 bridgehead atoms. The minimum absolute atomic E-state index is 0.182. The number of benzene rings is 1. The van der Waals surface area contributed by atoms with Crippen LogP contribution in [0, 0.1) is 12.8 Å². The molecule has 0 aliphatic carbocycles. The number of hydrogen-bond acceptors (Lipinski definition) is 9. The van der Waals surface area contributed by atoms with Crippen LogP contribution in [-0.2, 0) is 21.2 Å². The first-order valence-corrected chi connectivity index (χ1v) is 14.3. The number of ether oxygens (including phenoxy) is 2. The molecule has 4 rings (SSSR count). The van der Waals surface area contributed by atoms with Crippen LogP contribution in [0.3, 0.4) is 0 Å². The van der Waals surface area contributed by atoms with Gasteiger partial charge in [0.15, 0.2) is 5.82 Å². The fourth-order valence-electron chi connectivity index (χ4n) is 4.65. The van der Waals surface area contributed by atoms with Crippen molar-refractivity contribution in [2.75, 3.05) is 70.7 Å². The second-order valence-electron chi connectivity index (χ2n) is 9.58. The van der Waals surface area contributed by atoms with Gasteiger partial charge in [0.05, 0.1) is 6.26 Å². The number of aliphatic hydroxyl groups is 1. The number of nitrogens with one attached hydrogen (secondary N) is 1. The van der Waals surface area contributed by atoms with E-state index in [2.05, 4.69) is 17.1 Å². The first kappa shape index (κ1) is 26.7. The number of aliphatic hydroxyl groups excluding tert-OH is 1. The van der Waals surface area contributed by atoms with Crippen LogP contribution in [0.5, 0.6) is 5.75 Å². The van der Waals surface area contributed by atoms with Crippen LogP contribution in [0.1, 0.15) is 17.7 Å². The van der Waals surface area contributed by atoms with Gasteiger partial charge in [-0.2, -0.15) is 4.31 Å². The maximum Gasteiger partial charge on any atom is 0.211 e. The fraction of sp³-hybridized carbons (Fsp3) is 0.600. The van der Waals surface area contributed by atoms with E-state index in [0.29, 0.717) is 50.2 Å². The van der Waals surface area contributed by atoms with Crippen LogP contribution in [0.25, 0.3) is 11.4 Å². The Morgan fingerprint density at radius 3 is 2.69 bits per heavy atom. The Kier molecular flexibility index (Phi) is 8.78. The lowest BCUT2D eigenvalue weighted by Gasteiger charge is -2.35. The van der Waals surface area contributed by atoms with Gasteiger partial charge < -0.3 is 24.8 Å². The van der Waals surface area contributed by atoms with Crippen molar-refractivity contribution >= 4 is 15.8 Å². The smallest absolute Gasteiger partial charge is 0.211 e. The second kappa shape index (κ2) is 11.8. The van der Waals surface area contributed by atoms with E-state index in [0.717, 1.165) is 48.7 Å². The minimum atomic E-state index is -3.21. The summed E-state index contributed by atoms with van der Waals surface area (Å²) in [5.41, 5.74) is 2.85. The summed E-state index contributed by atoms with van der Waals surface area (Å²) in [6, 6.07) is 7.60. The number of piperazine rings is 1. The SMILES string of the molecule is CNCC(O)COc1cccc(-c2nc(C[C@@H]3CCOC3)c(C)c(N3CCN(S(C)(=O)=O)CC3)n2)c1. The highest BCUT2D eigenvalue weighted by Gasteiger charge is 2.27. The van der Waals surface area contributed by atoms with E-state index in [-0.39, 0.29) is 6.61 Å². The van der Waals surface area contributed by atoms with E-state index in [4.69, 9.17) is 19.4 Å². The molecule has 198 valence electrons. The number of anilines is 1. The van der Waals surface area contributed by atoms with Crippen LogP contribution in [0.15, 0.2) is 24.3 Å². The molecule has 1 unspecified atom stereocenters. The van der Waals surface area contributed by atoms with Gasteiger partial charge in [0.2, 0.25) is 10.0 Å². The quantitative estimate of drug-likeness (QED) is 0.475. The molecule has 1 aromatic carbocycles. The van der Waals surface area contributed by atoms with Gasteiger partial charge in [0.25, 0.3) is 0 Å². The topological polar surface area (TPSA) is 117 Å². The Labute approximate surface area is 213 Å². The van der Waals surface area contributed by atoms with Gasteiger partial charge in [-0.3, -0.25) is 0 Å². The summed E-state index contributed by atoms with van der Waals surface area (Å²) in [7, 11) is -1.43. The zero-order valence-corrected chi connectivity index (χ0v) is 22.1. The van der Waals surface area contributed by atoms with Crippen molar-refractivity contribution in [3.05, 3.63) is 35.5 Å². The summed E-state index contributed by atoms with van der Waals surface area (Å²) >= 11 is 0. The highest BCUT2D eigenvalue weighted by Crippen LogP contribution is 2.30. The third kappa shape index (κ3) is 6.71. The van der Waals surface area contributed by atoms with Crippen LogP contribution in [-0.4, -0.2) is 99.7 Å². The molecule has 10 nitrogen and oxygen atoms in total. The number of likely N-dealkylation sites (N-methyl/N-ethyl adjacent to an activating group) is 1. The van der Waals surface area contributed by atoms with Gasteiger partial charge in [0, 0.05) is 62.8 Å². The van der Waals surface area contributed by atoms with Crippen molar-refractivity contribution in [1.82, 2.24) is 19.6 Å². The predicted molar refractivity (Wildman–Crippen MR) is 139 cm³/mol. The zero-order chi connectivity index (χ0) is 25.7. The molecule has 2 aliphatic rings. The van der Waals surface area contributed by atoms with Crippen molar-refractivity contribution in [3.8, 4) is 17.1 Å². The van der Waals surface area contributed by atoms with Gasteiger partial charge in [-0.1, -0.05) is 12.1 Å². The summed E-state index contributed by atoms with van der Waals surface area (Å²) in [5, 5.41) is 12.9. The molecule has 36 heavy (non-hydrogen) atoms. The number of sulfonamides is 1. The van der Waals surface area contributed by atoms with Gasteiger partial charge >= 0.3 is 0 Å². The zero-order valence-electron chi connectivity index (χ0n) is 21.3. The average Bonchev–Trinajstić information content (AvgIpc) is 3.37. The van der Waals surface area contributed by atoms with Gasteiger partial charge in [-0.25, -0.2) is 18.4 Å². The molecule has 1 aromatic heterocycles. The van der Waals surface area contributed by atoms with Gasteiger partial charge in [-0.05, 0) is 44.9 Å². The predicted octanol–water partition coefficient (Wildman–Crippen LogP) is 1.07. The molecule has 2 aliphatic heterocycles. The van der Waals surface area contributed by atoms with Gasteiger partial charge in [0.1, 0.15) is 24.3 Å². The summed E-state index contributed by atoms with van der Waals surface area (Å²) in [5.74, 6) is 2.51. The Morgan fingerprint density at radius 2 is 2.03 bits per heavy atom. The first-order chi connectivity index (χ1) is 17.2. The number of rotatable bonds is 10. The molecule has 0 spiro atoms. The summed E-state index contributed by atoms with van der Waals surface area (Å²) < 4.78 is 36.9. The molecule has 0 radical (unpaired) electrons. The largest absolute Gasteiger partial charge is 0.491 e. The molecule has 3 heterocycles. The standard InChI is InChI=1S/C25H37N5O5S/c1-18-23(13-19-7-12-34-16-19)27-24(20-5-4-6-22(14-20)35-17-21(31)15-26-2)28-25(18)29-8-10-30(11-9-29)36(3,32)33/h4-6,14,19,21,26,31H,7-13,15-17H2,1-3H3/t19-,21?/m0/s1. The third-order valence-electron chi connectivity index (χ3n) is 6.71. The minimum Gasteiger partial charge on any atom is -0.491 e. The summed E-state index contributed by atoms with van der Waals surface area (Å²) in [6.45, 7) is 6.21. The van der Waals surface area contributed by atoms with Gasteiger partial charge in [-0.15, -0.1) is 0 Å². The average molecular weight is 520 g/mol. The summed E-state index contributed by atoms with van der Waals surface area (Å²) in [6.07, 6.45) is 2.47. The van der Waals surface area contributed by atoms with Crippen LogP contribution >= 0.6 is 0 Å². The van der Waals surface area contributed by atoms with Crippen molar-refractivity contribution in [2.24, 2.45) is 5.92 Å². The van der Waals surface area contributed by atoms with Crippen molar-refractivity contribution < 1.29 is 23.0 Å². The third-order valence-corrected chi connectivity index (χ3v) is 8.01. The molecule has 2 saturated heterocycles.